The van der Waals surface area contributed by atoms with Crippen molar-refractivity contribution in [3.8, 4) is 0 Å². The largest absolute Gasteiger partial charge is 4.00 e. The summed E-state index contributed by atoms with van der Waals surface area (Å²) in [6.45, 7) is 4.96. The predicted octanol–water partition coefficient (Wildman–Crippen LogP) is -3.25. The normalized spacial score (nSPS) is 29.9. The van der Waals surface area contributed by atoms with Gasteiger partial charge in [-0.2, -0.15) is 12.3 Å². The number of fused-ring (bicyclic) bond motifs is 3. The molecule has 0 bridgehead atoms. The minimum atomic E-state index is -1.52. The summed E-state index contributed by atoms with van der Waals surface area (Å²) in [6, 6.07) is 14.4. The molecule has 0 spiro atoms. The molecule has 5 atom stereocenters. The fraction of sp³-hybridized carbons (Fsp3) is 0.522. The number of benzene rings is 1. The molecule has 5 heteroatoms. The third kappa shape index (κ3) is 4.71. The fourth-order valence-corrected chi connectivity index (χ4v) is 12.1. The molecule has 3 aliphatic rings. The van der Waals surface area contributed by atoms with Crippen LogP contribution in [0.2, 0.25) is 17.6 Å². The van der Waals surface area contributed by atoms with Crippen LogP contribution in [-0.4, -0.2) is 8.07 Å². The molecule has 3 aliphatic carbocycles. The summed E-state index contributed by atoms with van der Waals surface area (Å²) in [6.07, 6.45) is 16.7. The minimum absolute atomic E-state index is 0. The van der Waals surface area contributed by atoms with E-state index in [0.717, 1.165) is 29.2 Å². The SMILES string of the molecule is CC[Si](CC)(c1ccccc1)C1C2C=CC=CC2C2CCC[CH-]C21.[Cl-].[Cl-].[Cl-].[Ti+4]. The summed E-state index contributed by atoms with van der Waals surface area (Å²) < 4.78 is 0. The maximum Gasteiger partial charge on any atom is 4.00 e. The van der Waals surface area contributed by atoms with Gasteiger partial charge in [0.25, 0.3) is 0 Å². The average Bonchev–Trinajstić information content (AvgIpc) is 3.00. The molecule has 2 saturated carbocycles. The first-order chi connectivity index (χ1) is 11.8. The van der Waals surface area contributed by atoms with Crippen LogP contribution in [-0.2, 0) is 21.7 Å². The van der Waals surface area contributed by atoms with Crippen LogP contribution in [0.3, 0.4) is 0 Å². The molecule has 4 rings (SSSR count). The van der Waals surface area contributed by atoms with Crippen LogP contribution < -0.4 is 42.4 Å². The smallest absolute Gasteiger partial charge is 1.00 e. The first-order valence-electron chi connectivity index (χ1n) is 10.1. The van der Waals surface area contributed by atoms with Gasteiger partial charge in [-0.25, -0.2) is 0 Å². The maximum atomic E-state index is 2.74. The van der Waals surface area contributed by atoms with Gasteiger partial charge in [0.15, 0.2) is 0 Å². The van der Waals surface area contributed by atoms with Gasteiger partial charge in [0.05, 0.1) is 8.07 Å². The third-order valence-corrected chi connectivity index (χ3v) is 13.5. The Kier molecular flexibility index (Phi) is 12.6. The zero-order chi connectivity index (χ0) is 16.6. The zero-order valence-electron chi connectivity index (χ0n) is 16.8. The number of rotatable bonds is 4. The van der Waals surface area contributed by atoms with Crippen LogP contribution in [0.15, 0.2) is 54.6 Å². The second-order valence-electron chi connectivity index (χ2n) is 8.09. The molecule has 1 aromatic carbocycles. The third-order valence-electron chi connectivity index (χ3n) is 7.47. The van der Waals surface area contributed by atoms with Gasteiger partial charge in [-0.15, -0.1) is 0 Å². The average molecular weight is 490 g/mol. The van der Waals surface area contributed by atoms with Crippen molar-refractivity contribution in [2.75, 3.05) is 0 Å². The predicted molar refractivity (Wildman–Crippen MR) is 107 cm³/mol. The molecule has 0 nitrogen and oxygen atoms in total. The molecule has 1 aromatic rings. The zero-order valence-corrected chi connectivity index (χ0v) is 21.7. The molecule has 5 unspecified atom stereocenters. The van der Waals surface area contributed by atoms with E-state index in [1.54, 1.807) is 5.19 Å². The Balaban J connectivity index is 0.00000182. The Hall–Kier alpha value is 0.501. The van der Waals surface area contributed by atoms with E-state index in [1.165, 1.54) is 31.4 Å². The summed E-state index contributed by atoms with van der Waals surface area (Å²) >= 11 is 0. The topological polar surface area (TPSA) is 0 Å². The van der Waals surface area contributed by atoms with E-state index in [9.17, 15) is 0 Å². The summed E-state index contributed by atoms with van der Waals surface area (Å²) in [5.74, 6) is 3.35. The molecule has 0 N–H and O–H groups in total. The Bertz CT molecular complexity index is 630. The quantitative estimate of drug-likeness (QED) is 0.308. The van der Waals surface area contributed by atoms with E-state index in [2.05, 4.69) is 74.9 Å². The van der Waals surface area contributed by atoms with E-state index in [4.69, 9.17) is 0 Å². The first-order valence-corrected chi connectivity index (χ1v) is 12.5. The van der Waals surface area contributed by atoms with E-state index < -0.39 is 8.07 Å². The van der Waals surface area contributed by atoms with Crippen molar-refractivity contribution in [1.29, 1.82) is 0 Å². The second kappa shape index (κ2) is 12.4. The van der Waals surface area contributed by atoms with Gasteiger partial charge in [0.1, 0.15) is 0 Å². The van der Waals surface area contributed by atoms with E-state index >= 15 is 0 Å². The molecular weight excluding hydrogens is 459 g/mol. The Morgan fingerprint density at radius 2 is 1.54 bits per heavy atom. The van der Waals surface area contributed by atoms with E-state index in [1.807, 2.05) is 0 Å². The van der Waals surface area contributed by atoms with Crippen LogP contribution >= 0.6 is 0 Å². The van der Waals surface area contributed by atoms with Crippen LogP contribution in [0, 0.1) is 30.1 Å². The van der Waals surface area contributed by atoms with E-state index in [0.29, 0.717) is 0 Å². The summed E-state index contributed by atoms with van der Waals surface area (Å²) in [5.41, 5.74) is 0.895. The van der Waals surface area contributed by atoms with Gasteiger partial charge in [-0.3, -0.25) is 0 Å². The van der Waals surface area contributed by atoms with Gasteiger partial charge in [0, 0.05) is 0 Å². The van der Waals surface area contributed by atoms with Gasteiger partial charge in [0.2, 0.25) is 0 Å². The molecule has 0 aliphatic heterocycles. The second-order valence-corrected chi connectivity index (χ2v) is 13.1. The number of allylic oxidation sites excluding steroid dienone is 4. The van der Waals surface area contributed by atoms with Crippen molar-refractivity contribution >= 4 is 13.3 Å². The van der Waals surface area contributed by atoms with Gasteiger partial charge in [-0.1, -0.05) is 110 Å². The molecule has 2 fully saturated rings. The monoisotopic (exact) mass is 488 g/mol. The molecule has 28 heavy (non-hydrogen) atoms. The molecule has 0 amide bonds. The molecule has 0 heterocycles. The Labute approximate surface area is 206 Å². The first kappa shape index (κ1) is 28.5. The van der Waals surface area contributed by atoms with Crippen molar-refractivity contribution in [2.45, 2.75) is 50.7 Å². The van der Waals surface area contributed by atoms with Gasteiger partial charge < -0.3 is 43.6 Å². The summed E-state index contributed by atoms with van der Waals surface area (Å²) in [5, 5.41) is 1.71. The molecular formula is C23H31Cl3SiTi. The summed E-state index contributed by atoms with van der Waals surface area (Å²) in [4.78, 5) is 0. The molecule has 0 saturated heterocycles. The standard InChI is InChI=1S/C23H31Si.3ClH.Ti/c1-3-24(4-2,18-12-6-5-7-13-18)23-21-16-10-8-14-19(21)20-15-9-11-17-22(20)23;;;;/h5-8,10,12-14,16-17,19-23H,3-4,9,11,15H2,1-2H3;3*1H;/q-1;;;;+4/p-3. The number of halogens is 3. The number of hydrogen-bond donors (Lipinski definition) is 0. The summed E-state index contributed by atoms with van der Waals surface area (Å²) in [7, 11) is -1.52. The fourth-order valence-electron chi connectivity index (χ4n) is 6.41. The Morgan fingerprint density at radius 3 is 2.14 bits per heavy atom. The van der Waals surface area contributed by atoms with Crippen molar-refractivity contribution < 1.29 is 58.9 Å². The van der Waals surface area contributed by atoms with Crippen molar-refractivity contribution in [2.24, 2.45) is 23.7 Å². The number of hydrogen-bond acceptors (Lipinski definition) is 0. The molecule has 0 aromatic heterocycles. The van der Waals surface area contributed by atoms with E-state index in [-0.39, 0.29) is 58.9 Å². The van der Waals surface area contributed by atoms with Gasteiger partial charge in [-0.05, 0) is 11.8 Å². The molecule has 0 radical (unpaired) electrons. The Morgan fingerprint density at radius 1 is 0.929 bits per heavy atom. The van der Waals surface area contributed by atoms with Crippen LogP contribution in [0.5, 0.6) is 0 Å². The van der Waals surface area contributed by atoms with Crippen molar-refractivity contribution in [3.63, 3.8) is 0 Å². The minimum Gasteiger partial charge on any atom is -1.00 e. The van der Waals surface area contributed by atoms with Crippen LogP contribution in [0.4, 0.5) is 0 Å². The molecule has 152 valence electrons. The van der Waals surface area contributed by atoms with Crippen molar-refractivity contribution in [3.05, 3.63) is 61.1 Å². The maximum absolute atomic E-state index is 2.74. The van der Waals surface area contributed by atoms with Crippen LogP contribution in [0.25, 0.3) is 0 Å². The van der Waals surface area contributed by atoms with Crippen molar-refractivity contribution in [1.82, 2.24) is 0 Å². The van der Waals surface area contributed by atoms with Gasteiger partial charge >= 0.3 is 21.7 Å². The van der Waals surface area contributed by atoms with Crippen LogP contribution in [0.1, 0.15) is 33.1 Å².